The lowest BCUT2D eigenvalue weighted by atomic mass is 9.95. The molecule has 0 fully saturated rings. The van der Waals surface area contributed by atoms with Crippen molar-refractivity contribution in [3.63, 3.8) is 0 Å². The number of amides is 2. The number of para-hydroxylation sites is 1. The van der Waals surface area contributed by atoms with Gasteiger partial charge in [-0.25, -0.2) is 5.48 Å². The third-order valence-corrected chi connectivity index (χ3v) is 3.65. The van der Waals surface area contributed by atoms with Gasteiger partial charge >= 0.3 is 0 Å². The molecule has 0 saturated carbocycles. The molecular formula is C18H23N3O4. The molecule has 0 aliphatic carbocycles. The van der Waals surface area contributed by atoms with E-state index in [9.17, 15) is 9.59 Å². The van der Waals surface area contributed by atoms with Gasteiger partial charge in [-0.15, -0.1) is 0 Å². The van der Waals surface area contributed by atoms with E-state index in [0.29, 0.717) is 12.2 Å². The molecule has 2 rings (SSSR count). The van der Waals surface area contributed by atoms with E-state index >= 15 is 0 Å². The predicted octanol–water partition coefficient (Wildman–Crippen LogP) is 1.68. The van der Waals surface area contributed by atoms with E-state index < -0.39 is 23.5 Å². The van der Waals surface area contributed by atoms with Crippen LogP contribution in [0.25, 0.3) is 0 Å². The minimum Gasteiger partial charge on any atom is -0.461 e. The van der Waals surface area contributed by atoms with Crippen LogP contribution in [0.5, 0.6) is 5.75 Å². The fourth-order valence-electron chi connectivity index (χ4n) is 2.48. The van der Waals surface area contributed by atoms with Crippen LogP contribution in [0.3, 0.4) is 0 Å². The number of rotatable bonds is 7. The van der Waals surface area contributed by atoms with Gasteiger partial charge in [0, 0.05) is 24.6 Å². The van der Waals surface area contributed by atoms with Gasteiger partial charge in [-0.2, -0.15) is 0 Å². The minimum absolute atomic E-state index is 0.0955. The number of dihydropyridines is 1. The number of carbonyl (C=O) groups excluding carboxylic acids is 2. The van der Waals surface area contributed by atoms with Crippen molar-refractivity contribution >= 4 is 11.8 Å². The molecule has 7 nitrogen and oxygen atoms in total. The van der Waals surface area contributed by atoms with Crippen LogP contribution in [-0.2, 0) is 9.59 Å². The highest BCUT2D eigenvalue weighted by Gasteiger charge is 2.35. The van der Waals surface area contributed by atoms with Crippen molar-refractivity contribution in [1.29, 1.82) is 0 Å². The van der Waals surface area contributed by atoms with Gasteiger partial charge in [-0.1, -0.05) is 32.0 Å². The van der Waals surface area contributed by atoms with Gasteiger partial charge in [0.05, 0.1) is 0 Å². The van der Waals surface area contributed by atoms with Crippen molar-refractivity contribution in [3.05, 3.63) is 54.9 Å². The fourth-order valence-corrected chi connectivity index (χ4v) is 2.48. The summed E-state index contributed by atoms with van der Waals surface area (Å²) in [6, 6.07) is 9.03. The zero-order valence-electron chi connectivity index (χ0n) is 14.2. The van der Waals surface area contributed by atoms with Gasteiger partial charge in [0.1, 0.15) is 11.7 Å². The van der Waals surface area contributed by atoms with Crippen molar-refractivity contribution in [3.8, 4) is 5.75 Å². The molecule has 1 unspecified atom stereocenters. The third-order valence-electron chi connectivity index (χ3n) is 3.65. The molecule has 1 aromatic rings. The molecular weight excluding hydrogens is 322 g/mol. The Labute approximate surface area is 146 Å². The first-order chi connectivity index (χ1) is 12.0. The average Bonchev–Trinajstić information content (AvgIpc) is 2.60. The van der Waals surface area contributed by atoms with Gasteiger partial charge < -0.3 is 15.4 Å². The first-order valence-corrected chi connectivity index (χ1v) is 8.07. The number of hydroxylamine groups is 1. The molecule has 0 spiro atoms. The van der Waals surface area contributed by atoms with Crippen molar-refractivity contribution in [2.75, 3.05) is 0 Å². The zero-order valence-corrected chi connectivity index (χ0v) is 14.2. The quantitative estimate of drug-likeness (QED) is 0.261. The Bertz CT molecular complexity index is 644. The lowest BCUT2D eigenvalue weighted by Crippen LogP contribution is -2.55. The predicted molar refractivity (Wildman–Crippen MR) is 92.2 cm³/mol. The van der Waals surface area contributed by atoms with Gasteiger partial charge in [-0.05, 0) is 24.5 Å². The summed E-state index contributed by atoms with van der Waals surface area (Å²) in [4.78, 5) is 24.6. The summed E-state index contributed by atoms with van der Waals surface area (Å²) in [6.07, 6.45) is 6.84. The molecule has 0 radical (unpaired) electrons. The molecule has 0 saturated heterocycles. The molecule has 25 heavy (non-hydrogen) atoms. The number of hydrogen-bond acceptors (Lipinski definition) is 5. The summed E-state index contributed by atoms with van der Waals surface area (Å²) in [7, 11) is 0. The molecule has 134 valence electrons. The Morgan fingerprint density at radius 3 is 2.36 bits per heavy atom. The highest BCUT2D eigenvalue weighted by Crippen LogP contribution is 2.22. The van der Waals surface area contributed by atoms with Crippen LogP contribution in [-0.4, -0.2) is 22.7 Å². The van der Waals surface area contributed by atoms with Crippen LogP contribution < -0.4 is 20.9 Å². The van der Waals surface area contributed by atoms with Gasteiger partial charge in [0.2, 0.25) is 11.6 Å². The molecule has 1 aromatic carbocycles. The summed E-state index contributed by atoms with van der Waals surface area (Å²) in [6.45, 7) is 3.79. The number of hydrogen-bond donors (Lipinski definition) is 4. The third kappa shape index (κ3) is 5.09. The van der Waals surface area contributed by atoms with Crippen molar-refractivity contribution in [2.24, 2.45) is 11.8 Å². The highest BCUT2D eigenvalue weighted by atomic mass is 16.5. The topological polar surface area (TPSA) is 99.7 Å². The van der Waals surface area contributed by atoms with Crippen molar-refractivity contribution in [1.82, 2.24) is 16.1 Å². The number of carbonyl (C=O) groups is 2. The first-order valence-electron chi connectivity index (χ1n) is 8.07. The van der Waals surface area contributed by atoms with Crippen LogP contribution in [0, 0.1) is 11.8 Å². The Hall–Kier alpha value is -2.80. The van der Waals surface area contributed by atoms with E-state index in [2.05, 4.69) is 10.6 Å². The molecule has 4 N–H and O–H groups in total. The minimum atomic E-state index is -1.23. The molecule has 0 bridgehead atoms. The molecule has 7 heteroatoms. The second-order valence-corrected chi connectivity index (χ2v) is 6.19. The maximum absolute atomic E-state index is 12.7. The number of benzene rings is 1. The van der Waals surface area contributed by atoms with Crippen LogP contribution in [0.1, 0.15) is 20.3 Å². The maximum atomic E-state index is 12.7. The van der Waals surface area contributed by atoms with Crippen LogP contribution in [0.15, 0.2) is 54.9 Å². The monoisotopic (exact) mass is 345 g/mol. The normalized spacial score (nSPS) is 16.0. The van der Waals surface area contributed by atoms with E-state index in [1.165, 1.54) is 0 Å². The van der Waals surface area contributed by atoms with E-state index in [4.69, 9.17) is 9.94 Å². The van der Waals surface area contributed by atoms with Crippen LogP contribution in [0.4, 0.5) is 0 Å². The Balaban J connectivity index is 2.22. The lowest BCUT2D eigenvalue weighted by Gasteiger charge is -2.32. The second-order valence-electron chi connectivity index (χ2n) is 6.19. The lowest BCUT2D eigenvalue weighted by molar-refractivity contribution is -0.142. The summed E-state index contributed by atoms with van der Waals surface area (Å²) >= 11 is 0. The number of nitrogens with one attached hydrogen (secondary N) is 3. The van der Waals surface area contributed by atoms with Crippen LogP contribution in [0.2, 0.25) is 0 Å². The fraction of sp³-hybridized carbons (Fsp3) is 0.333. The van der Waals surface area contributed by atoms with Gasteiger partial charge in [0.25, 0.3) is 5.91 Å². The number of ether oxygens (including phenoxy) is 1. The molecule has 1 aliphatic heterocycles. The zero-order chi connectivity index (χ0) is 18.3. The average molecular weight is 345 g/mol. The van der Waals surface area contributed by atoms with E-state index in [1.807, 2.05) is 32.0 Å². The Kier molecular flexibility index (Phi) is 6.19. The summed E-state index contributed by atoms with van der Waals surface area (Å²) < 4.78 is 5.94. The standard InChI is InChI=1S/C18H23N3O4/c1-13(2)12-15(17(23)21-24)16(22)20-18(8-10-19-11-9-18)25-14-6-4-3-5-7-14/h3-11,13,15,19,24H,12H2,1-2H3,(H,20,22)(H,21,23). The van der Waals surface area contributed by atoms with Crippen molar-refractivity contribution in [2.45, 2.75) is 26.0 Å². The molecule has 2 amide bonds. The molecule has 1 aliphatic rings. The molecule has 1 heterocycles. The highest BCUT2D eigenvalue weighted by molar-refractivity contribution is 6.00. The maximum Gasteiger partial charge on any atom is 0.255 e. The SMILES string of the molecule is CC(C)CC(C(=O)NO)C(=O)NC1(Oc2ccccc2)C=CNC=C1. The first kappa shape index (κ1) is 18.5. The van der Waals surface area contributed by atoms with Gasteiger partial charge in [0.15, 0.2) is 0 Å². The second kappa shape index (κ2) is 8.34. The largest absolute Gasteiger partial charge is 0.461 e. The smallest absolute Gasteiger partial charge is 0.255 e. The van der Waals surface area contributed by atoms with E-state index in [1.54, 1.807) is 42.2 Å². The van der Waals surface area contributed by atoms with E-state index in [-0.39, 0.29) is 5.92 Å². The summed E-state index contributed by atoms with van der Waals surface area (Å²) in [5, 5.41) is 14.6. The van der Waals surface area contributed by atoms with Gasteiger partial charge in [-0.3, -0.25) is 14.8 Å². The van der Waals surface area contributed by atoms with Crippen LogP contribution >= 0.6 is 0 Å². The Morgan fingerprint density at radius 1 is 1.16 bits per heavy atom. The Morgan fingerprint density at radius 2 is 1.80 bits per heavy atom. The molecule has 1 atom stereocenters. The van der Waals surface area contributed by atoms with E-state index in [0.717, 1.165) is 0 Å². The summed E-state index contributed by atoms with van der Waals surface area (Å²) in [5.74, 6) is -1.66. The molecule has 0 aromatic heterocycles. The summed E-state index contributed by atoms with van der Waals surface area (Å²) in [5.41, 5.74) is 0.334. The van der Waals surface area contributed by atoms with Crippen molar-refractivity contribution < 1.29 is 19.5 Å².